The van der Waals surface area contributed by atoms with Crippen LogP contribution in [0.25, 0.3) is 0 Å². The van der Waals surface area contributed by atoms with Gasteiger partial charge in [0.2, 0.25) is 0 Å². The number of ether oxygens (including phenoxy) is 2. The maximum absolute atomic E-state index is 12.1. The average Bonchev–Trinajstić information content (AvgIpc) is 2.17. The first-order valence-corrected chi connectivity index (χ1v) is 4.61. The lowest BCUT2D eigenvalue weighted by molar-refractivity contribution is -0.181. The molecule has 0 saturated carbocycles. The Labute approximate surface area is 90.7 Å². The minimum Gasteiger partial charge on any atom is -0.465 e. The second-order valence-electron chi connectivity index (χ2n) is 2.95. The molecule has 0 N–H and O–H groups in total. The van der Waals surface area contributed by atoms with Crippen molar-refractivity contribution >= 4 is 11.8 Å². The van der Waals surface area contributed by atoms with Crippen LogP contribution in [0.3, 0.4) is 0 Å². The number of carbonyl (C=O) groups excluding carboxylic acids is 2. The summed E-state index contributed by atoms with van der Waals surface area (Å²) in [6, 6.07) is 0. The van der Waals surface area contributed by atoms with Crippen molar-refractivity contribution in [2.45, 2.75) is 19.5 Å². The maximum atomic E-state index is 12.1. The topological polar surface area (TPSA) is 52.6 Å². The van der Waals surface area contributed by atoms with Gasteiger partial charge in [0, 0.05) is 13.7 Å². The van der Waals surface area contributed by atoms with Crippen LogP contribution < -0.4 is 0 Å². The Hall–Kier alpha value is -1.11. The third-order valence-electron chi connectivity index (χ3n) is 1.78. The first kappa shape index (κ1) is 14.9. The molecule has 0 aliphatic carbocycles. The number of esters is 1. The zero-order valence-electron chi connectivity index (χ0n) is 8.97. The predicted molar refractivity (Wildman–Crippen MR) is 47.7 cm³/mol. The second-order valence-corrected chi connectivity index (χ2v) is 2.95. The Morgan fingerprint density at radius 2 is 1.88 bits per heavy atom. The van der Waals surface area contributed by atoms with Gasteiger partial charge in [0.25, 0.3) is 5.78 Å². The van der Waals surface area contributed by atoms with Crippen molar-refractivity contribution in [1.29, 1.82) is 0 Å². The summed E-state index contributed by atoms with van der Waals surface area (Å²) >= 11 is 0. The number of hydrogen-bond acceptors (Lipinski definition) is 4. The van der Waals surface area contributed by atoms with E-state index in [1.54, 1.807) is 0 Å². The fourth-order valence-corrected chi connectivity index (χ4v) is 1.03. The zero-order valence-corrected chi connectivity index (χ0v) is 8.97. The molecule has 0 heterocycles. The predicted octanol–water partition coefficient (Wildman–Crippen LogP) is 1.33. The van der Waals surface area contributed by atoms with E-state index in [4.69, 9.17) is 0 Å². The lowest BCUT2D eigenvalue weighted by Crippen LogP contribution is -2.37. The highest BCUT2D eigenvalue weighted by molar-refractivity contribution is 6.01. The summed E-state index contributed by atoms with van der Waals surface area (Å²) in [5, 5.41) is 0. The van der Waals surface area contributed by atoms with Gasteiger partial charge >= 0.3 is 12.1 Å². The van der Waals surface area contributed by atoms with Crippen molar-refractivity contribution in [3.63, 3.8) is 0 Å². The van der Waals surface area contributed by atoms with Gasteiger partial charge in [-0.3, -0.25) is 9.59 Å². The van der Waals surface area contributed by atoms with Gasteiger partial charge in [0.05, 0.1) is 6.61 Å². The smallest absolute Gasteiger partial charge is 0.450 e. The summed E-state index contributed by atoms with van der Waals surface area (Å²) in [5.74, 6) is -5.09. The molecule has 0 fully saturated rings. The van der Waals surface area contributed by atoms with Gasteiger partial charge in [0.1, 0.15) is 5.92 Å². The highest BCUT2D eigenvalue weighted by Gasteiger charge is 2.46. The summed E-state index contributed by atoms with van der Waals surface area (Å²) in [6.45, 7) is 1.25. The van der Waals surface area contributed by atoms with E-state index in [-0.39, 0.29) is 19.6 Å². The van der Waals surface area contributed by atoms with Gasteiger partial charge in [-0.1, -0.05) is 0 Å². The summed E-state index contributed by atoms with van der Waals surface area (Å²) in [7, 11) is 1.26. The van der Waals surface area contributed by atoms with Crippen molar-refractivity contribution in [2.24, 2.45) is 5.92 Å². The number of alkyl halides is 3. The molecule has 0 radical (unpaired) electrons. The molecule has 0 unspecified atom stereocenters. The molecule has 4 nitrogen and oxygen atoms in total. The lowest BCUT2D eigenvalue weighted by atomic mass is 10.0. The van der Waals surface area contributed by atoms with Crippen LogP contribution in [-0.2, 0) is 19.1 Å². The Bertz CT molecular complexity index is 250. The van der Waals surface area contributed by atoms with Crippen LogP contribution in [0.2, 0.25) is 0 Å². The summed E-state index contributed by atoms with van der Waals surface area (Å²) in [4.78, 5) is 22.0. The fourth-order valence-electron chi connectivity index (χ4n) is 1.03. The third kappa shape index (κ3) is 4.61. The van der Waals surface area contributed by atoms with E-state index in [0.29, 0.717) is 0 Å². The number of halogens is 3. The van der Waals surface area contributed by atoms with Gasteiger partial charge in [-0.15, -0.1) is 0 Å². The van der Waals surface area contributed by atoms with Crippen LogP contribution in [0.1, 0.15) is 13.3 Å². The Morgan fingerprint density at radius 1 is 1.31 bits per heavy atom. The van der Waals surface area contributed by atoms with Crippen LogP contribution in [0.4, 0.5) is 13.2 Å². The summed E-state index contributed by atoms with van der Waals surface area (Å²) in [5.41, 5.74) is 0. The van der Waals surface area contributed by atoms with Gasteiger partial charge in [0.15, 0.2) is 0 Å². The number of Topliss-reactive ketones (excluding diaryl/α,β-unsaturated/α-hetero) is 1. The number of carbonyl (C=O) groups is 2. The molecule has 0 aromatic heterocycles. The molecule has 0 spiro atoms. The first-order valence-electron chi connectivity index (χ1n) is 4.61. The molecule has 7 heteroatoms. The molecule has 0 aromatic rings. The van der Waals surface area contributed by atoms with Crippen LogP contribution in [0.5, 0.6) is 0 Å². The summed E-state index contributed by atoms with van der Waals surface area (Å²) in [6.07, 6.45) is -5.38. The molecule has 0 saturated heterocycles. The van der Waals surface area contributed by atoms with E-state index in [9.17, 15) is 22.8 Å². The minimum atomic E-state index is -5.04. The number of ketones is 1. The molecule has 0 bridgehead atoms. The molecule has 0 aromatic carbocycles. The van der Waals surface area contributed by atoms with Crippen molar-refractivity contribution in [1.82, 2.24) is 0 Å². The molecule has 0 aliphatic rings. The van der Waals surface area contributed by atoms with Crippen LogP contribution in [-0.4, -0.2) is 38.3 Å². The Morgan fingerprint density at radius 3 is 2.25 bits per heavy atom. The highest BCUT2D eigenvalue weighted by atomic mass is 19.4. The standard InChI is InChI=1S/C9H13F3O4/c1-3-16-8(14)6(4-5-15-2)7(13)9(10,11)12/h6H,3-5H2,1-2H3/t6-/m1/s1. The second kappa shape index (κ2) is 6.47. The van der Waals surface area contributed by atoms with Crippen molar-refractivity contribution in [3.8, 4) is 0 Å². The normalized spacial score (nSPS) is 13.3. The Balaban J connectivity index is 4.66. The molecular weight excluding hydrogens is 229 g/mol. The third-order valence-corrected chi connectivity index (χ3v) is 1.78. The number of methoxy groups -OCH3 is 1. The van der Waals surface area contributed by atoms with Crippen molar-refractivity contribution in [3.05, 3.63) is 0 Å². The monoisotopic (exact) mass is 242 g/mol. The van der Waals surface area contributed by atoms with Crippen LogP contribution in [0, 0.1) is 5.92 Å². The summed E-state index contributed by atoms with van der Waals surface area (Å²) < 4.78 is 45.3. The lowest BCUT2D eigenvalue weighted by Gasteiger charge is -2.15. The van der Waals surface area contributed by atoms with Gasteiger partial charge < -0.3 is 9.47 Å². The van der Waals surface area contributed by atoms with E-state index in [2.05, 4.69) is 9.47 Å². The molecule has 16 heavy (non-hydrogen) atoms. The van der Waals surface area contributed by atoms with E-state index < -0.39 is 23.8 Å². The zero-order chi connectivity index (χ0) is 12.8. The van der Waals surface area contributed by atoms with Crippen LogP contribution in [0.15, 0.2) is 0 Å². The molecular formula is C9H13F3O4. The molecule has 94 valence electrons. The average molecular weight is 242 g/mol. The molecule has 0 amide bonds. The SMILES string of the molecule is CCOC(=O)[C@H](CCOC)C(=O)C(F)(F)F. The van der Waals surface area contributed by atoms with Crippen LogP contribution >= 0.6 is 0 Å². The fraction of sp³-hybridized carbons (Fsp3) is 0.778. The largest absolute Gasteiger partial charge is 0.465 e. The molecule has 0 aliphatic heterocycles. The van der Waals surface area contributed by atoms with E-state index in [1.165, 1.54) is 14.0 Å². The number of hydrogen-bond donors (Lipinski definition) is 0. The number of rotatable bonds is 6. The van der Waals surface area contributed by atoms with E-state index >= 15 is 0 Å². The van der Waals surface area contributed by atoms with Crippen molar-refractivity contribution < 1.29 is 32.2 Å². The van der Waals surface area contributed by atoms with Gasteiger partial charge in [-0.25, -0.2) is 0 Å². The van der Waals surface area contributed by atoms with Gasteiger partial charge in [-0.2, -0.15) is 13.2 Å². The molecule has 0 rings (SSSR count). The highest BCUT2D eigenvalue weighted by Crippen LogP contribution is 2.23. The van der Waals surface area contributed by atoms with Crippen molar-refractivity contribution in [2.75, 3.05) is 20.3 Å². The minimum absolute atomic E-state index is 0.0759. The van der Waals surface area contributed by atoms with Gasteiger partial charge in [-0.05, 0) is 13.3 Å². The maximum Gasteiger partial charge on any atom is 0.450 e. The Kier molecular flexibility index (Phi) is 6.02. The first-order chi connectivity index (χ1) is 7.34. The quantitative estimate of drug-likeness (QED) is 0.521. The van der Waals surface area contributed by atoms with E-state index in [1.807, 2.05) is 0 Å². The van der Waals surface area contributed by atoms with E-state index in [0.717, 1.165) is 0 Å². The molecule has 1 atom stereocenters.